The molecule has 1 aromatic carbocycles. The summed E-state index contributed by atoms with van der Waals surface area (Å²) in [4.78, 5) is 23.6. The lowest BCUT2D eigenvalue weighted by atomic mass is 10.1. The molecule has 0 fully saturated rings. The van der Waals surface area contributed by atoms with Crippen molar-refractivity contribution >= 4 is 27.6 Å². The van der Waals surface area contributed by atoms with E-state index in [1.165, 1.54) is 11.5 Å². The van der Waals surface area contributed by atoms with Gasteiger partial charge in [-0.1, -0.05) is 26.0 Å². The quantitative estimate of drug-likeness (QED) is 0.756. The molecule has 0 saturated heterocycles. The van der Waals surface area contributed by atoms with Gasteiger partial charge in [0, 0.05) is 18.0 Å². The standard InChI is InChI=1S/C15H17N5OS/c1-9(2)7-12-19-15(22-20-12)16-8-13-17-11-6-4-3-5-10(11)14(21)18-13/h3-6,9H,7-8H2,1-2H3,(H,16,19,20)(H,17,18,21). The van der Waals surface area contributed by atoms with Crippen LogP contribution in [0.1, 0.15) is 25.5 Å². The van der Waals surface area contributed by atoms with E-state index >= 15 is 0 Å². The van der Waals surface area contributed by atoms with Crippen LogP contribution in [0.3, 0.4) is 0 Å². The van der Waals surface area contributed by atoms with Crippen LogP contribution in [0, 0.1) is 5.92 Å². The lowest BCUT2D eigenvalue weighted by molar-refractivity contribution is 0.627. The SMILES string of the molecule is CC(C)Cc1nsc(NCc2nc3ccccc3c(=O)[nH]2)n1. The van der Waals surface area contributed by atoms with E-state index < -0.39 is 0 Å². The van der Waals surface area contributed by atoms with E-state index in [1.807, 2.05) is 18.2 Å². The van der Waals surface area contributed by atoms with Crippen molar-refractivity contribution < 1.29 is 0 Å². The summed E-state index contributed by atoms with van der Waals surface area (Å²) in [6, 6.07) is 7.30. The number of rotatable bonds is 5. The highest BCUT2D eigenvalue weighted by atomic mass is 32.1. The molecule has 7 heteroatoms. The number of H-pyrrole nitrogens is 1. The van der Waals surface area contributed by atoms with Crippen LogP contribution in [0.5, 0.6) is 0 Å². The molecule has 2 N–H and O–H groups in total. The predicted molar refractivity (Wildman–Crippen MR) is 88.1 cm³/mol. The fraction of sp³-hybridized carbons (Fsp3) is 0.333. The Hall–Kier alpha value is -2.28. The molecular formula is C15H17N5OS. The number of anilines is 1. The molecule has 2 heterocycles. The van der Waals surface area contributed by atoms with Gasteiger partial charge in [0.25, 0.3) is 5.56 Å². The zero-order chi connectivity index (χ0) is 15.5. The first-order chi connectivity index (χ1) is 10.6. The molecule has 0 saturated carbocycles. The molecule has 3 aromatic rings. The van der Waals surface area contributed by atoms with Gasteiger partial charge in [0.15, 0.2) is 0 Å². The fourth-order valence-electron chi connectivity index (χ4n) is 2.15. The Labute approximate surface area is 131 Å². The molecule has 0 radical (unpaired) electrons. The van der Waals surface area contributed by atoms with Crippen molar-refractivity contribution in [3.8, 4) is 0 Å². The number of aromatic amines is 1. The Kier molecular flexibility index (Phi) is 4.15. The second-order valence-corrected chi connectivity index (χ2v) is 6.25. The summed E-state index contributed by atoms with van der Waals surface area (Å²) >= 11 is 1.33. The number of hydrogen-bond donors (Lipinski definition) is 2. The Morgan fingerprint density at radius 2 is 2.09 bits per heavy atom. The van der Waals surface area contributed by atoms with Gasteiger partial charge in [-0.25, -0.2) is 9.97 Å². The first-order valence-corrected chi connectivity index (χ1v) is 7.93. The summed E-state index contributed by atoms with van der Waals surface area (Å²) in [5.74, 6) is 1.97. The van der Waals surface area contributed by atoms with Crippen LogP contribution in [-0.2, 0) is 13.0 Å². The third kappa shape index (κ3) is 3.30. The zero-order valence-electron chi connectivity index (χ0n) is 12.5. The summed E-state index contributed by atoms with van der Waals surface area (Å²) in [6.45, 7) is 4.69. The van der Waals surface area contributed by atoms with E-state index in [0.29, 0.717) is 29.2 Å². The van der Waals surface area contributed by atoms with Gasteiger partial charge in [0.2, 0.25) is 5.13 Å². The Balaban J connectivity index is 1.74. The second kappa shape index (κ2) is 6.23. The highest BCUT2D eigenvalue weighted by molar-refractivity contribution is 7.09. The third-order valence-corrected chi connectivity index (χ3v) is 3.84. The van der Waals surface area contributed by atoms with Crippen LogP contribution < -0.4 is 10.9 Å². The number of para-hydroxylation sites is 1. The van der Waals surface area contributed by atoms with Gasteiger partial charge in [-0.3, -0.25) is 4.79 Å². The monoisotopic (exact) mass is 315 g/mol. The maximum atomic E-state index is 12.0. The van der Waals surface area contributed by atoms with Crippen LogP contribution in [0.25, 0.3) is 10.9 Å². The molecule has 0 atom stereocenters. The van der Waals surface area contributed by atoms with E-state index in [4.69, 9.17) is 0 Å². The van der Waals surface area contributed by atoms with Gasteiger partial charge in [-0.2, -0.15) is 4.37 Å². The van der Waals surface area contributed by atoms with E-state index in [9.17, 15) is 4.79 Å². The average molecular weight is 315 g/mol. The van der Waals surface area contributed by atoms with E-state index in [-0.39, 0.29) is 5.56 Å². The van der Waals surface area contributed by atoms with Crippen molar-refractivity contribution in [2.45, 2.75) is 26.8 Å². The number of nitrogens with zero attached hydrogens (tertiary/aromatic N) is 3. The highest BCUT2D eigenvalue weighted by Gasteiger charge is 2.07. The maximum Gasteiger partial charge on any atom is 0.258 e. The maximum absolute atomic E-state index is 12.0. The Morgan fingerprint density at radius 1 is 1.27 bits per heavy atom. The van der Waals surface area contributed by atoms with Crippen LogP contribution in [0.4, 0.5) is 5.13 Å². The predicted octanol–water partition coefficient (Wildman–Crippen LogP) is 2.59. The minimum atomic E-state index is -0.125. The van der Waals surface area contributed by atoms with Crippen LogP contribution in [-0.4, -0.2) is 19.3 Å². The van der Waals surface area contributed by atoms with Crippen molar-refractivity contribution in [3.05, 3.63) is 46.3 Å². The molecule has 0 unspecified atom stereocenters. The first kappa shape index (κ1) is 14.6. The second-order valence-electron chi connectivity index (χ2n) is 5.50. The average Bonchev–Trinajstić information content (AvgIpc) is 2.92. The van der Waals surface area contributed by atoms with Gasteiger partial charge in [-0.15, -0.1) is 0 Å². The van der Waals surface area contributed by atoms with Crippen LogP contribution in [0.2, 0.25) is 0 Å². The normalized spacial score (nSPS) is 11.2. The first-order valence-electron chi connectivity index (χ1n) is 7.16. The van der Waals surface area contributed by atoms with Gasteiger partial charge in [0.05, 0.1) is 17.4 Å². The molecule has 0 aliphatic heterocycles. The van der Waals surface area contributed by atoms with Crippen molar-refractivity contribution in [3.63, 3.8) is 0 Å². The smallest absolute Gasteiger partial charge is 0.258 e. The molecule has 0 amide bonds. The highest BCUT2D eigenvalue weighted by Crippen LogP contribution is 2.14. The Bertz CT molecular complexity index is 839. The lowest BCUT2D eigenvalue weighted by Crippen LogP contribution is -2.14. The largest absolute Gasteiger partial charge is 0.353 e. The molecule has 6 nitrogen and oxygen atoms in total. The summed E-state index contributed by atoms with van der Waals surface area (Å²) in [7, 11) is 0. The zero-order valence-corrected chi connectivity index (χ0v) is 13.3. The topological polar surface area (TPSA) is 83.6 Å². The molecule has 0 bridgehead atoms. The van der Waals surface area contributed by atoms with E-state index in [1.54, 1.807) is 6.07 Å². The fourth-order valence-corrected chi connectivity index (χ4v) is 2.74. The minimum Gasteiger partial charge on any atom is -0.353 e. The van der Waals surface area contributed by atoms with Crippen LogP contribution >= 0.6 is 11.5 Å². The third-order valence-electron chi connectivity index (χ3n) is 3.13. The van der Waals surface area contributed by atoms with E-state index in [0.717, 1.165) is 17.4 Å². The number of hydrogen-bond acceptors (Lipinski definition) is 6. The minimum absolute atomic E-state index is 0.125. The molecule has 2 aromatic heterocycles. The lowest BCUT2D eigenvalue weighted by Gasteiger charge is -2.03. The van der Waals surface area contributed by atoms with Crippen molar-refractivity contribution in [2.24, 2.45) is 5.92 Å². The number of benzene rings is 1. The molecule has 3 rings (SSSR count). The summed E-state index contributed by atoms with van der Waals surface area (Å²) in [5.41, 5.74) is 0.570. The van der Waals surface area contributed by atoms with E-state index in [2.05, 4.69) is 38.5 Å². The molecule has 22 heavy (non-hydrogen) atoms. The summed E-state index contributed by atoms with van der Waals surface area (Å²) in [5, 5.41) is 4.50. The molecule has 0 aliphatic rings. The number of aromatic nitrogens is 4. The molecule has 114 valence electrons. The summed E-state index contributed by atoms with van der Waals surface area (Å²) < 4.78 is 4.31. The van der Waals surface area contributed by atoms with Crippen molar-refractivity contribution in [2.75, 3.05) is 5.32 Å². The van der Waals surface area contributed by atoms with Gasteiger partial charge in [0.1, 0.15) is 11.6 Å². The molecule has 0 spiro atoms. The van der Waals surface area contributed by atoms with Crippen molar-refractivity contribution in [1.29, 1.82) is 0 Å². The Morgan fingerprint density at radius 3 is 2.91 bits per heavy atom. The van der Waals surface area contributed by atoms with Crippen LogP contribution in [0.15, 0.2) is 29.1 Å². The van der Waals surface area contributed by atoms with Crippen molar-refractivity contribution in [1.82, 2.24) is 19.3 Å². The summed E-state index contributed by atoms with van der Waals surface area (Å²) in [6.07, 6.45) is 0.864. The van der Waals surface area contributed by atoms with Gasteiger partial charge < -0.3 is 10.3 Å². The van der Waals surface area contributed by atoms with Gasteiger partial charge in [-0.05, 0) is 18.1 Å². The molecular weight excluding hydrogens is 298 g/mol. The number of fused-ring (bicyclic) bond motifs is 1. The van der Waals surface area contributed by atoms with Gasteiger partial charge >= 0.3 is 0 Å². The number of nitrogens with one attached hydrogen (secondary N) is 2. The molecule has 0 aliphatic carbocycles.